The number of ether oxygens (including phenoxy) is 1. The summed E-state index contributed by atoms with van der Waals surface area (Å²) in [7, 11) is 0. The number of likely N-dealkylation sites (tertiary alicyclic amines) is 1. The van der Waals surface area contributed by atoms with Crippen molar-refractivity contribution >= 4 is 23.5 Å². The number of hydrogen-bond donors (Lipinski definition) is 0. The zero-order chi connectivity index (χ0) is 16.3. The lowest BCUT2D eigenvalue weighted by Crippen LogP contribution is -2.43. The van der Waals surface area contributed by atoms with Crippen molar-refractivity contribution in [2.24, 2.45) is 5.92 Å². The average Bonchev–Trinajstić information content (AvgIpc) is 2.46. The van der Waals surface area contributed by atoms with Gasteiger partial charge in [-0.15, -0.1) is 10.2 Å². The molecule has 0 aromatic carbocycles. The van der Waals surface area contributed by atoms with Crippen LogP contribution in [0.25, 0.3) is 0 Å². The molecule has 6 nitrogen and oxygen atoms in total. The van der Waals surface area contributed by atoms with Crippen LogP contribution in [0.1, 0.15) is 44.1 Å². The van der Waals surface area contributed by atoms with E-state index in [9.17, 15) is 9.59 Å². The van der Waals surface area contributed by atoms with E-state index in [2.05, 4.69) is 10.2 Å². The lowest BCUT2D eigenvalue weighted by molar-refractivity contribution is 0.0182. The summed E-state index contributed by atoms with van der Waals surface area (Å²) in [6.07, 6.45) is 0.870. The van der Waals surface area contributed by atoms with Gasteiger partial charge in [0.15, 0.2) is 10.9 Å². The Labute approximate surface area is 134 Å². The molecule has 1 aliphatic heterocycles. The van der Waals surface area contributed by atoms with Crippen LogP contribution < -0.4 is 0 Å². The third-order valence-corrected chi connectivity index (χ3v) is 3.60. The largest absolute Gasteiger partial charge is 0.444 e. The van der Waals surface area contributed by atoms with E-state index >= 15 is 0 Å². The molecule has 0 saturated carbocycles. The fraction of sp³-hybridized carbons (Fsp3) is 0.600. The van der Waals surface area contributed by atoms with Crippen LogP contribution in [0.5, 0.6) is 0 Å². The SMILES string of the molecule is CC(C)(C)OC(=O)N1CCC(C(=O)c2ccc(Cl)nn2)CC1. The van der Waals surface area contributed by atoms with Crippen molar-refractivity contribution < 1.29 is 14.3 Å². The van der Waals surface area contributed by atoms with Crippen molar-refractivity contribution in [3.8, 4) is 0 Å². The Bertz CT molecular complexity index is 546. The zero-order valence-electron chi connectivity index (χ0n) is 13.0. The number of rotatable bonds is 2. The van der Waals surface area contributed by atoms with Crippen molar-refractivity contribution in [1.29, 1.82) is 0 Å². The lowest BCUT2D eigenvalue weighted by Gasteiger charge is -2.32. The number of aromatic nitrogens is 2. The van der Waals surface area contributed by atoms with Crippen LogP contribution >= 0.6 is 11.6 Å². The molecule has 1 aliphatic rings. The van der Waals surface area contributed by atoms with Crippen LogP contribution in [0.4, 0.5) is 4.79 Å². The minimum Gasteiger partial charge on any atom is -0.444 e. The van der Waals surface area contributed by atoms with Gasteiger partial charge in [0, 0.05) is 19.0 Å². The molecule has 120 valence electrons. The number of hydrogen-bond acceptors (Lipinski definition) is 5. The first-order valence-electron chi connectivity index (χ1n) is 7.27. The molecule has 0 spiro atoms. The highest BCUT2D eigenvalue weighted by Gasteiger charge is 2.30. The maximum Gasteiger partial charge on any atom is 0.410 e. The fourth-order valence-corrected chi connectivity index (χ4v) is 2.41. The Balaban J connectivity index is 1.90. The Morgan fingerprint density at radius 3 is 2.36 bits per heavy atom. The summed E-state index contributed by atoms with van der Waals surface area (Å²) in [4.78, 5) is 26.0. The first-order chi connectivity index (χ1) is 10.3. The van der Waals surface area contributed by atoms with Gasteiger partial charge in [-0.05, 0) is 45.7 Å². The van der Waals surface area contributed by atoms with Crippen molar-refractivity contribution in [2.45, 2.75) is 39.2 Å². The van der Waals surface area contributed by atoms with E-state index in [0.717, 1.165) is 0 Å². The van der Waals surface area contributed by atoms with E-state index < -0.39 is 5.60 Å². The summed E-state index contributed by atoms with van der Waals surface area (Å²) < 4.78 is 5.34. The predicted molar refractivity (Wildman–Crippen MR) is 81.9 cm³/mol. The van der Waals surface area contributed by atoms with Crippen LogP contribution in [0, 0.1) is 5.92 Å². The average molecular weight is 326 g/mol. The zero-order valence-corrected chi connectivity index (χ0v) is 13.8. The molecule has 22 heavy (non-hydrogen) atoms. The first-order valence-corrected chi connectivity index (χ1v) is 7.65. The molecule has 0 aliphatic carbocycles. The van der Waals surface area contributed by atoms with Gasteiger partial charge in [-0.1, -0.05) is 11.6 Å². The van der Waals surface area contributed by atoms with Crippen molar-refractivity contribution in [3.63, 3.8) is 0 Å². The van der Waals surface area contributed by atoms with Crippen molar-refractivity contribution in [3.05, 3.63) is 23.0 Å². The van der Waals surface area contributed by atoms with Gasteiger partial charge in [-0.2, -0.15) is 0 Å². The number of carbonyl (C=O) groups is 2. The highest BCUT2D eigenvalue weighted by Crippen LogP contribution is 2.22. The summed E-state index contributed by atoms with van der Waals surface area (Å²) in [6.45, 7) is 6.51. The van der Waals surface area contributed by atoms with Gasteiger partial charge in [0.25, 0.3) is 0 Å². The summed E-state index contributed by atoms with van der Waals surface area (Å²) >= 11 is 5.67. The fourth-order valence-electron chi connectivity index (χ4n) is 2.31. The van der Waals surface area contributed by atoms with Gasteiger partial charge >= 0.3 is 6.09 Å². The van der Waals surface area contributed by atoms with Gasteiger partial charge in [0.2, 0.25) is 0 Å². The molecule has 1 amide bonds. The molecule has 7 heteroatoms. The van der Waals surface area contributed by atoms with Gasteiger partial charge in [0.05, 0.1) is 0 Å². The van der Waals surface area contributed by atoms with Gasteiger partial charge in [-0.25, -0.2) is 4.79 Å². The van der Waals surface area contributed by atoms with E-state index in [1.165, 1.54) is 0 Å². The summed E-state index contributed by atoms with van der Waals surface area (Å²) in [5.74, 6) is -0.192. The number of Topliss-reactive ketones (excluding diaryl/α,β-unsaturated/α-hetero) is 1. The maximum absolute atomic E-state index is 12.3. The van der Waals surface area contributed by atoms with Gasteiger partial charge in [0.1, 0.15) is 11.3 Å². The molecule has 0 atom stereocenters. The maximum atomic E-state index is 12.3. The molecule has 1 aromatic heterocycles. The Morgan fingerprint density at radius 1 is 1.23 bits per heavy atom. The third-order valence-electron chi connectivity index (χ3n) is 3.40. The monoisotopic (exact) mass is 325 g/mol. The number of nitrogens with zero attached hydrogens (tertiary/aromatic N) is 3. The van der Waals surface area contributed by atoms with Crippen LogP contribution in [-0.2, 0) is 4.74 Å². The molecule has 1 saturated heterocycles. The normalized spacial score (nSPS) is 16.5. The molecule has 2 heterocycles. The minimum absolute atomic E-state index is 0.0481. The molecular formula is C15H20ClN3O3. The number of halogens is 1. The highest BCUT2D eigenvalue weighted by atomic mass is 35.5. The molecular weight excluding hydrogens is 306 g/mol. The number of ketones is 1. The lowest BCUT2D eigenvalue weighted by atomic mass is 9.91. The van der Waals surface area contributed by atoms with Crippen LogP contribution in [0.3, 0.4) is 0 Å². The number of piperidine rings is 1. The van der Waals surface area contributed by atoms with Gasteiger partial charge < -0.3 is 9.64 Å². The quantitative estimate of drug-likeness (QED) is 0.782. The smallest absolute Gasteiger partial charge is 0.410 e. The topological polar surface area (TPSA) is 72.4 Å². The highest BCUT2D eigenvalue weighted by molar-refractivity contribution is 6.29. The second kappa shape index (κ2) is 6.60. The summed E-state index contributed by atoms with van der Waals surface area (Å²) in [5.41, 5.74) is -0.192. The van der Waals surface area contributed by atoms with Crippen LogP contribution in [-0.4, -0.2) is 45.7 Å². The second-order valence-corrected chi connectivity index (χ2v) is 6.73. The van der Waals surface area contributed by atoms with E-state index in [1.807, 2.05) is 20.8 Å². The van der Waals surface area contributed by atoms with Crippen molar-refractivity contribution in [2.75, 3.05) is 13.1 Å². The molecule has 0 N–H and O–H groups in total. The number of amides is 1. The van der Waals surface area contributed by atoms with E-state index in [1.54, 1.807) is 17.0 Å². The van der Waals surface area contributed by atoms with Crippen LogP contribution in [0.2, 0.25) is 5.15 Å². The van der Waals surface area contributed by atoms with Crippen LogP contribution in [0.15, 0.2) is 12.1 Å². The molecule has 2 rings (SSSR count). The second-order valence-electron chi connectivity index (χ2n) is 6.35. The van der Waals surface area contributed by atoms with Gasteiger partial charge in [-0.3, -0.25) is 4.79 Å². The predicted octanol–water partition coefficient (Wildman–Crippen LogP) is 2.96. The minimum atomic E-state index is -0.511. The Kier molecular flexibility index (Phi) is 5.01. The van der Waals surface area contributed by atoms with E-state index in [4.69, 9.17) is 16.3 Å². The number of carbonyl (C=O) groups excluding carboxylic acids is 2. The van der Waals surface area contributed by atoms with E-state index in [-0.39, 0.29) is 22.9 Å². The Hall–Kier alpha value is -1.69. The third kappa shape index (κ3) is 4.40. The molecule has 1 fully saturated rings. The standard InChI is InChI=1S/C15H20ClN3O3/c1-15(2,3)22-14(21)19-8-6-10(7-9-19)13(20)11-4-5-12(16)18-17-11/h4-5,10H,6-9H2,1-3H3. The van der Waals surface area contributed by atoms with Crippen molar-refractivity contribution in [1.82, 2.24) is 15.1 Å². The molecule has 0 bridgehead atoms. The molecule has 0 radical (unpaired) electrons. The molecule has 1 aromatic rings. The first kappa shape index (κ1) is 16.7. The van der Waals surface area contributed by atoms with E-state index in [0.29, 0.717) is 31.6 Å². The summed E-state index contributed by atoms with van der Waals surface area (Å²) in [5, 5.41) is 7.77. The molecule has 0 unspecified atom stereocenters. The Morgan fingerprint density at radius 2 is 1.86 bits per heavy atom. The summed E-state index contributed by atoms with van der Waals surface area (Å²) in [6, 6.07) is 3.13.